The maximum atomic E-state index is 12.5. The van der Waals surface area contributed by atoms with E-state index < -0.39 is 6.10 Å². The summed E-state index contributed by atoms with van der Waals surface area (Å²) in [5, 5.41) is 9.27. The first-order valence-corrected chi connectivity index (χ1v) is 6.97. The average Bonchev–Trinajstić information content (AvgIpc) is 2.76. The van der Waals surface area contributed by atoms with Crippen molar-refractivity contribution in [3.05, 3.63) is 46.5 Å². The molecular weight excluding hydrogens is 294 g/mol. The van der Waals surface area contributed by atoms with Crippen LogP contribution in [0.25, 0.3) is 16.9 Å². The molecule has 2 aromatic heterocycles. The number of hydrogen-bond acceptors (Lipinski definition) is 5. The highest BCUT2D eigenvalue weighted by atomic mass is 16.3. The third kappa shape index (κ3) is 2.67. The molecule has 0 amide bonds. The normalized spacial score (nSPS) is 12.0. The monoisotopic (exact) mass is 309 g/mol. The largest absolute Gasteiger partial charge is 0.381 e. The number of fused-ring (bicyclic) bond motifs is 1. The SMILES string of the molecule is C[C@@H](O)C#Cc1ccc2c(c1)n(-c1ccnc(N)n1)c(=O)n2C. The molecule has 0 saturated heterocycles. The summed E-state index contributed by atoms with van der Waals surface area (Å²) in [6.07, 6.45) is 0.783. The van der Waals surface area contributed by atoms with Crippen molar-refractivity contribution in [2.75, 3.05) is 5.73 Å². The number of benzene rings is 1. The second-order valence-corrected chi connectivity index (χ2v) is 5.10. The summed E-state index contributed by atoms with van der Waals surface area (Å²) >= 11 is 0. The smallest absolute Gasteiger partial charge is 0.334 e. The molecule has 0 bridgehead atoms. The Morgan fingerprint density at radius 1 is 1.30 bits per heavy atom. The summed E-state index contributed by atoms with van der Waals surface area (Å²) in [7, 11) is 1.69. The molecule has 23 heavy (non-hydrogen) atoms. The van der Waals surface area contributed by atoms with Crippen LogP contribution in [0.5, 0.6) is 0 Å². The minimum atomic E-state index is -0.717. The Morgan fingerprint density at radius 2 is 2.09 bits per heavy atom. The van der Waals surface area contributed by atoms with Crippen LogP contribution in [0, 0.1) is 11.8 Å². The topological polar surface area (TPSA) is 99.0 Å². The fourth-order valence-corrected chi connectivity index (χ4v) is 2.32. The van der Waals surface area contributed by atoms with Crippen LogP contribution in [-0.2, 0) is 7.05 Å². The Bertz CT molecular complexity index is 1000. The number of anilines is 1. The number of imidazole rings is 1. The molecule has 2 heterocycles. The van der Waals surface area contributed by atoms with E-state index in [2.05, 4.69) is 21.8 Å². The van der Waals surface area contributed by atoms with E-state index in [4.69, 9.17) is 5.73 Å². The molecule has 0 radical (unpaired) electrons. The zero-order valence-electron chi connectivity index (χ0n) is 12.7. The molecule has 1 atom stereocenters. The molecule has 1 aromatic carbocycles. The van der Waals surface area contributed by atoms with Crippen LogP contribution >= 0.6 is 0 Å². The lowest BCUT2D eigenvalue weighted by Gasteiger charge is -2.02. The predicted octanol–water partition coefficient (Wildman–Crippen LogP) is 0.434. The zero-order valence-corrected chi connectivity index (χ0v) is 12.7. The van der Waals surface area contributed by atoms with Gasteiger partial charge in [0.2, 0.25) is 5.95 Å². The Balaban J connectivity index is 2.29. The number of aliphatic hydroxyl groups excluding tert-OH is 1. The van der Waals surface area contributed by atoms with Gasteiger partial charge in [-0.1, -0.05) is 11.8 Å². The molecule has 0 fully saturated rings. The van der Waals surface area contributed by atoms with Gasteiger partial charge in [0.1, 0.15) is 11.9 Å². The first-order chi connectivity index (χ1) is 11.0. The lowest BCUT2D eigenvalue weighted by molar-refractivity contribution is 0.253. The number of aliphatic hydroxyl groups is 1. The quantitative estimate of drug-likeness (QED) is 0.635. The Hall–Kier alpha value is -3.11. The van der Waals surface area contributed by atoms with Crippen LogP contribution < -0.4 is 11.4 Å². The summed E-state index contributed by atoms with van der Waals surface area (Å²) in [6, 6.07) is 7.01. The first-order valence-electron chi connectivity index (χ1n) is 6.97. The molecule has 7 nitrogen and oxygen atoms in total. The van der Waals surface area contributed by atoms with Crippen LogP contribution in [0.1, 0.15) is 12.5 Å². The molecule has 0 aliphatic rings. The van der Waals surface area contributed by atoms with E-state index in [1.165, 1.54) is 15.3 Å². The summed E-state index contributed by atoms with van der Waals surface area (Å²) in [6.45, 7) is 1.59. The van der Waals surface area contributed by atoms with Gasteiger partial charge >= 0.3 is 5.69 Å². The molecule has 3 aromatic rings. The molecule has 0 saturated carbocycles. The van der Waals surface area contributed by atoms with Gasteiger partial charge in [-0.25, -0.2) is 14.3 Å². The fourth-order valence-electron chi connectivity index (χ4n) is 2.32. The number of hydrogen-bond donors (Lipinski definition) is 2. The van der Waals surface area contributed by atoms with E-state index in [0.29, 0.717) is 16.9 Å². The highest BCUT2D eigenvalue weighted by Gasteiger charge is 2.13. The summed E-state index contributed by atoms with van der Waals surface area (Å²) in [5.74, 6) is 6.05. The van der Waals surface area contributed by atoms with Gasteiger partial charge in [0, 0.05) is 24.9 Å². The second kappa shape index (κ2) is 5.59. The van der Waals surface area contributed by atoms with Crippen LogP contribution in [0.15, 0.2) is 35.3 Å². The molecule has 3 N–H and O–H groups in total. The highest BCUT2D eigenvalue weighted by Crippen LogP contribution is 2.17. The van der Waals surface area contributed by atoms with E-state index in [9.17, 15) is 9.90 Å². The van der Waals surface area contributed by atoms with Gasteiger partial charge in [-0.15, -0.1) is 0 Å². The van der Waals surface area contributed by atoms with Crippen LogP contribution in [-0.4, -0.2) is 30.3 Å². The van der Waals surface area contributed by atoms with Gasteiger partial charge in [-0.2, -0.15) is 4.98 Å². The number of rotatable bonds is 1. The predicted molar refractivity (Wildman–Crippen MR) is 87.1 cm³/mol. The average molecular weight is 309 g/mol. The molecule has 0 aliphatic heterocycles. The van der Waals surface area contributed by atoms with Crippen molar-refractivity contribution in [3.8, 4) is 17.7 Å². The number of aromatic nitrogens is 4. The van der Waals surface area contributed by atoms with Crippen molar-refractivity contribution in [1.82, 2.24) is 19.1 Å². The Morgan fingerprint density at radius 3 is 2.78 bits per heavy atom. The third-order valence-corrected chi connectivity index (χ3v) is 3.37. The molecule has 7 heteroatoms. The standard InChI is InChI=1S/C16H15N5O2/c1-10(22)3-4-11-5-6-12-13(9-11)21(16(23)20(12)2)14-7-8-18-15(17)19-14/h5-10,22H,1-2H3,(H2,17,18,19)/t10-/m1/s1. The van der Waals surface area contributed by atoms with Crippen molar-refractivity contribution < 1.29 is 5.11 Å². The van der Waals surface area contributed by atoms with Crippen molar-refractivity contribution >= 4 is 17.0 Å². The van der Waals surface area contributed by atoms with Gasteiger partial charge in [0.25, 0.3) is 0 Å². The number of nitrogens with two attached hydrogens (primary N) is 1. The highest BCUT2D eigenvalue weighted by molar-refractivity contribution is 5.79. The van der Waals surface area contributed by atoms with Crippen molar-refractivity contribution in [2.45, 2.75) is 13.0 Å². The van der Waals surface area contributed by atoms with E-state index in [1.54, 1.807) is 32.2 Å². The third-order valence-electron chi connectivity index (χ3n) is 3.37. The number of aryl methyl sites for hydroxylation is 1. The second-order valence-electron chi connectivity index (χ2n) is 5.10. The van der Waals surface area contributed by atoms with Crippen molar-refractivity contribution in [1.29, 1.82) is 0 Å². The van der Waals surface area contributed by atoms with Gasteiger partial charge in [0.05, 0.1) is 11.0 Å². The molecule has 0 unspecified atom stereocenters. The fraction of sp³-hybridized carbons (Fsp3) is 0.188. The number of nitrogens with zero attached hydrogens (tertiary/aromatic N) is 4. The molecule has 3 rings (SSSR count). The maximum Gasteiger partial charge on any atom is 0.334 e. The lowest BCUT2D eigenvalue weighted by Crippen LogP contribution is -2.21. The summed E-state index contributed by atoms with van der Waals surface area (Å²) in [5.41, 5.74) is 7.48. The minimum Gasteiger partial charge on any atom is -0.381 e. The molecule has 0 spiro atoms. The van der Waals surface area contributed by atoms with Gasteiger partial charge in [0.15, 0.2) is 0 Å². The van der Waals surface area contributed by atoms with Crippen LogP contribution in [0.3, 0.4) is 0 Å². The van der Waals surface area contributed by atoms with Gasteiger partial charge in [-0.3, -0.25) is 4.57 Å². The molecule has 0 aliphatic carbocycles. The van der Waals surface area contributed by atoms with E-state index in [0.717, 1.165) is 5.52 Å². The summed E-state index contributed by atoms with van der Waals surface area (Å²) < 4.78 is 2.99. The van der Waals surface area contributed by atoms with Crippen LogP contribution in [0.4, 0.5) is 5.95 Å². The van der Waals surface area contributed by atoms with E-state index >= 15 is 0 Å². The maximum absolute atomic E-state index is 12.5. The Kier molecular flexibility index (Phi) is 3.60. The number of nitrogen functional groups attached to an aromatic ring is 1. The van der Waals surface area contributed by atoms with Gasteiger partial charge < -0.3 is 10.8 Å². The summed E-state index contributed by atoms with van der Waals surface area (Å²) in [4.78, 5) is 20.5. The van der Waals surface area contributed by atoms with Crippen molar-refractivity contribution in [3.63, 3.8) is 0 Å². The molecule has 116 valence electrons. The first kappa shape index (κ1) is 14.8. The molecular formula is C16H15N5O2. The van der Waals surface area contributed by atoms with Crippen LogP contribution in [0.2, 0.25) is 0 Å². The lowest BCUT2D eigenvalue weighted by atomic mass is 10.2. The zero-order chi connectivity index (χ0) is 16.6. The van der Waals surface area contributed by atoms with Crippen molar-refractivity contribution in [2.24, 2.45) is 7.05 Å². The van der Waals surface area contributed by atoms with E-state index in [-0.39, 0.29) is 11.6 Å². The Labute approximate surface area is 132 Å². The minimum absolute atomic E-state index is 0.0939. The van der Waals surface area contributed by atoms with E-state index in [1.807, 2.05) is 6.07 Å². The van der Waals surface area contributed by atoms with Gasteiger partial charge in [-0.05, 0) is 25.1 Å².